The van der Waals surface area contributed by atoms with Crippen molar-refractivity contribution in [2.24, 2.45) is 0 Å². The quantitative estimate of drug-likeness (QED) is 0.929. The van der Waals surface area contributed by atoms with E-state index in [1.165, 1.54) is 38.8 Å². The summed E-state index contributed by atoms with van der Waals surface area (Å²) < 4.78 is 2.20. The molecule has 0 radical (unpaired) electrons. The summed E-state index contributed by atoms with van der Waals surface area (Å²) >= 11 is 0. The van der Waals surface area contributed by atoms with Gasteiger partial charge in [0, 0.05) is 18.8 Å². The molecule has 0 aromatic carbocycles. The molecular formula is C15H23N5. The third-order valence-electron chi connectivity index (χ3n) is 4.19. The van der Waals surface area contributed by atoms with Crippen molar-refractivity contribution in [2.45, 2.75) is 38.6 Å². The van der Waals surface area contributed by atoms with Crippen LogP contribution in [0.1, 0.15) is 38.6 Å². The molecule has 2 aromatic heterocycles. The maximum atomic E-state index is 6.14. The Morgan fingerprint density at radius 2 is 2.35 bits per heavy atom. The van der Waals surface area contributed by atoms with E-state index >= 15 is 0 Å². The van der Waals surface area contributed by atoms with Gasteiger partial charge >= 0.3 is 0 Å². The number of hydrogen-bond acceptors (Lipinski definition) is 4. The number of fused-ring (bicyclic) bond motifs is 1. The number of imidazole rings is 1. The van der Waals surface area contributed by atoms with Crippen molar-refractivity contribution in [3.8, 4) is 0 Å². The molecule has 3 rings (SSSR count). The Bertz CT molecular complexity index is 577. The third kappa shape index (κ3) is 2.50. The second kappa shape index (κ2) is 5.79. The normalized spacial score (nSPS) is 20.6. The lowest BCUT2D eigenvalue weighted by Gasteiger charge is -2.34. The minimum Gasteiger partial charge on any atom is -0.369 e. The predicted molar refractivity (Wildman–Crippen MR) is 81.6 cm³/mol. The second-order valence-electron chi connectivity index (χ2n) is 5.65. The van der Waals surface area contributed by atoms with Gasteiger partial charge in [-0.1, -0.05) is 13.3 Å². The van der Waals surface area contributed by atoms with Gasteiger partial charge in [0.05, 0.1) is 11.7 Å². The van der Waals surface area contributed by atoms with Crippen molar-refractivity contribution in [3.05, 3.63) is 18.5 Å². The molecule has 0 amide bonds. The Morgan fingerprint density at radius 3 is 3.20 bits per heavy atom. The van der Waals surface area contributed by atoms with Gasteiger partial charge in [-0.25, -0.2) is 4.98 Å². The number of unbranched alkanes of at least 4 members (excludes halogenated alkanes) is 1. The summed E-state index contributed by atoms with van der Waals surface area (Å²) in [5.41, 5.74) is 8.15. The lowest BCUT2D eigenvalue weighted by atomic mass is 10.0. The third-order valence-corrected chi connectivity index (χ3v) is 4.19. The molecule has 0 saturated carbocycles. The first-order valence-corrected chi connectivity index (χ1v) is 7.59. The van der Waals surface area contributed by atoms with Gasteiger partial charge in [0.1, 0.15) is 5.52 Å². The van der Waals surface area contributed by atoms with E-state index in [2.05, 4.69) is 26.4 Å². The van der Waals surface area contributed by atoms with Crippen LogP contribution in [-0.2, 0) is 0 Å². The molecule has 1 unspecified atom stereocenters. The maximum absolute atomic E-state index is 6.14. The highest BCUT2D eigenvalue weighted by Crippen LogP contribution is 2.28. The van der Waals surface area contributed by atoms with Crippen molar-refractivity contribution in [2.75, 3.05) is 25.4 Å². The van der Waals surface area contributed by atoms with Crippen LogP contribution in [0.4, 0.5) is 5.95 Å². The number of nitrogens with two attached hydrogens (primary N) is 1. The standard InChI is InChI=1S/C15H23N5/c1-2-3-8-19-9-4-5-12(11-19)20-14-6-7-17-10-13(14)18-15(20)16/h6-7,10,12H,2-5,8-9,11H2,1H3,(H2,16,18). The molecule has 1 aliphatic rings. The van der Waals surface area contributed by atoms with E-state index in [4.69, 9.17) is 5.73 Å². The summed E-state index contributed by atoms with van der Waals surface area (Å²) in [5, 5.41) is 0. The summed E-state index contributed by atoms with van der Waals surface area (Å²) in [7, 11) is 0. The fourth-order valence-corrected chi connectivity index (χ4v) is 3.18. The average molecular weight is 273 g/mol. The highest BCUT2D eigenvalue weighted by atomic mass is 15.2. The second-order valence-corrected chi connectivity index (χ2v) is 5.65. The first-order chi connectivity index (χ1) is 9.79. The van der Waals surface area contributed by atoms with Gasteiger partial charge in [-0.3, -0.25) is 4.98 Å². The van der Waals surface area contributed by atoms with E-state index < -0.39 is 0 Å². The molecule has 1 atom stereocenters. The molecule has 0 bridgehead atoms. The number of aromatic nitrogens is 3. The van der Waals surface area contributed by atoms with E-state index in [9.17, 15) is 0 Å². The Balaban J connectivity index is 1.85. The number of nitrogens with zero attached hydrogens (tertiary/aromatic N) is 4. The zero-order valence-corrected chi connectivity index (χ0v) is 12.1. The molecule has 5 nitrogen and oxygen atoms in total. The summed E-state index contributed by atoms with van der Waals surface area (Å²) in [6.45, 7) is 5.74. The zero-order valence-electron chi connectivity index (χ0n) is 12.1. The first kappa shape index (κ1) is 13.4. The molecule has 1 aliphatic heterocycles. The molecule has 5 heteroatoms. The molecule has 20 heavy (non-hydrogen) atoms. The number of nitrogen functional groups attached to an aromatic ring is 1. The monoisotopic (exact) mass is 273 g/mol. The Labute approximate surface area is 119 Å². The van der Waals surface area contributed by atoms with E-state index in [0.29, 0.717) is 12.0 Å². The van der Waals surface area contributed by atoms with Crippen LogP contribution in [0, 0.1) is 0 Å². The minimum atomic E-state index is 0.438. The van der Waals surface area contributed by atoms with E-state index in [0.717, 1.165) is 17.6 Å². The van der Waals surface area contributed by atoms with Crippen molar-refractivity contribution in [3.63, 3.8) is 0 Å². The average Bonchev–Trinajstić information content (AvgIpc) is 2.81. The molecule has 1 fully saturated rings. The van der Waals surface area contributed by atoms with Crippen molar-refractivity contribution in [1.29, 1.82) is 0 Å². The highest BCUT2D eigenvalue weighted by molar-refractivity contribution is 5.77. The lowest BCUT2D eigenvalue weighted by Crippen LogP contribution is -2.37. The highest BCUT2D eigenvalue weighted by Gasteiger charge is 2.24. The fourth-order valence-electron chi connectivity index (χ4n) is 3.18. The zero-order chi connectivity index (χ0) is 13.9. The van der Waals surface area contributed by atoms with E-state index in [1.54, 1.807) is 6.20 Å². The Hall–Kier alpha value is -1.62. The number of hydrogen-bond donors (Lipinski definition) is 1. The largest absolute Gasteiger partial charge is 0.369 e. The summed E-state index contributed by atoms with van der Waals surface area (Å²) in [6, 6.07) is 2.46. The smallest absolute Gasteiger partial charge is 0.201 e. The SMILES string of the molecule is CCCCN1CCCC(n2c(N)nc3cnccc32)C1. The summed E-state index contributed by atoms with van der Waals surface area (Å²) in [5.74, 6) is 0.621. The molecule has 0 spiro atoms. The van der Waals surface area contributed by atoms with Gasteiger partial charge in [-0.15, -0.1) is 0 Å². The molecule has 2 N–H and O–H groups in total. The topological polar surface area (TPSA) is 60.0 Å². The Morgan fingerprint density at radius 1 is 1.45 bits per heavy atom. The predicted octanol–water partition coefficient (Wildman–Crippen LogP) is 2.45. The number of rotatable bonds is 4. The maximum Gasteiger partial charge on any atom is 0.201 e. The van der Waals surface area contributed by atoms with Gasteiger partial charge in [0.15, 0.2) is 0 Å². The van der Waals surface area contributed by atoms with Crippen LogP contribution in [0.25, 0.3) is 11.0 Å². The molecule has 3 heterocycles. The van der Waals surface area contributed by atoms with Crippen LogP contribution in [0.5, 0.6) is 0 Å². The van der Waals surface area contributed by atoms with Gasteiger partial charge in [-0.05, 0) is 38.4 Å². The van der Waals surface area contributed by atoms with Gasteiger partial charge in [-0.2, -0.15) is 0 Å². The van der Waals surface area contributed by atoms with Crippen LogP contribution >= 0.6 is 0 Å². The lowest BCUT2D eigenvalue weighted by molar-refractivity contribution is 0.178. The van der Waals surface area contributed by atoms with Gasteiger partial charge in [0.2, 0.25) is 5.95 Å². The van der Waals surface area contributed by atoms with Crippen LogP contribution < -0.4 is 5.73 Å². The van der Waals surface area contributed by atoms with Gasteiger partial charge < -0.3 is 15.2 Å². The van der Waals surface area contributed by atoms with Crippen molar-refractivity contribution >= 4 is 17.0 Å². The van der Waals surface area contributed by atoms with Crippen molar-refractivity contribution < 1.29 is 0 Å². The first-order valence-electron chi connectivity index (χ1n) is 7.59. The molecule has 0 aliphatic carbocycles. The van der Waals surface area contributed by atoms with Crippen molar-refractivity contribution in [1.82, 2.24) is 19.4 Å². The number of anilines is 1. The molecule has 2 aromatic rings. The van der Waals surface area contributed by atoms with Crippen LogP contribution in [0.15, 0.2) is 18.5 Å². The Kier molecular flexibility index (Phi) is 3.87. The number of likely N-dealkylation sites (tertiary alicyclic amines) is 1. The van der Waals surface area contributed by atoms with E-state index in [-0.39, 0.29) is 0 Å². The van der Waals surface area contributed by atoms with E-state index in [1.807, 2.05) is 12.3 Å². The fraction of sp³-hybridized carbons (Fsp3) is 0.600. The summed E-state index contributed by atoms with van der Waals surface area (Å²) in [6.07, 6.45) is 8.55. The number of pyridine rings is 1. The molecular weight excluding hydrogens is 250 g/mol. The van der Waals surface area contributed by atoms with Crippen LogP contribution in [0.3, 0.4) is 0 Å². The summed E-state index contributed by atoms with van der Waals surface area (Å²) in [4.78, 5) is 11.1. The van der Waals surface area contributed by atoms with Crippen LogP contribution in [-0.4, -0.2) is 39.1 Å². The minimum absolute atomic E-state index is 0.438. The number of piperidine rings is 1. The molecule has 108 valence electrons. The van der Waals surface area contributed by atoms with Crippen LogP contribution in [0.2, 0.25) is 0 Å². The van der Waals surface area contributed by atoms with Gasteiger partial charge in [0.25, 0.3) is 0 Å². The molecule has 1 saturated heterocycles.